The van der Waals surface area contributed by atoms with E-state index < -0.39 is 17.7 Å². The van der Waals surface area contributed by atoms with Gasteiger partial charge in [-0.05, 0) is 12.5 Å². The SMILES string of the molecule is Cn1ccnc1CCC(N)c1cccc(F)c1F. The number of halogens is 2. The molecular formula is C13H15F2N3. The highest BCUT2D eigenvalue weighted by atomic mass is 19.2. The van der Waals surface area contributed by atoms with Crippen LogP contribution in [0.3, 0.4) is 0 Å². The lowest BCUT2D eigenvalue weighted by molar-refractivity contribution is 0.482. The molecule has 0 radical (unpaired) electrons. The van der Waals surface area contributed by atoms with Gasteiger partial charge in [-0.25, -0.2) is 13.8 Å². The Morgan fingerprint density at radius 2 is 2.17 bits per heavy atom. The molecule has 0 amide bonds. The van der Waals surface area contributed by atoms with E-state index in [1.165, 1.54) is 12.1 Å². The Balaban J connectivity index is 2.06. The number of nitrogens with two attached hydrogens (primary N) is 1. The summed E-state index contributed by atoms with van der Waals surface area (Å²) in [5.74, 6) is -0.841. The maximum atomic E-state index is 13.5. The number of nitrogens with zero attached hydrogens (tertiary/aromatic N) is 2. The second kappa shape index (κ2) is 5.27. The van der Waals surface area contributed by atoms with Gasteiger partial charge in [0.05, 0.1) is 0 Å². The lowest BCUT2D eigenvalue weighted by atomic mass is 10.0. The zero-order valence-electron chi connectivity index (χ0n) is 10.1. The summed E-state index contributed by atoms with van der Waals surface area (Å²) < 4.78 is 28.5. The molecule has 0 aliphatic heterocycles. The number of benzene rings is 1. The fraction of sp³-hybridized carbons (Fsp3) is 0.308. The first kappa shape index (κ1) is 12.7. The zero-order valence-corrected chi connectivity index (χ0v) is 10.1. The number of hydrogen-bond donors (Lipinski definition) is 1. The van der Waals surface area contributed by atoms with Crippen molar-refractivity contribution in [2.45, 2.75) is 18.9 Å². The van der Waals surface area contributed by atoms with Crippen LogP contribution in [-0.4, -0.2) is 9.55 Å². The second-order valence-electron chi connectivity index (χ2n) is 4.24. The molecule has 2 N–H and O–H groups in total. The molecule has 1 aromatic heterocycles. The molecule has 0 aliphatic carbocycles. The Hall–Kier alpha value is -1.75. The number of hydrogen-bond acceptors (Lipinski definition) is 2. The van der Waals surface area contributed by atoms with Crippen LogP contribution in [0.4, 0.5) is 8.78 Å². The third-order valence-corrected chi connectivity index (χ3v) is 2.98. The summed E-state index contributed by atoms with van der Waals surface area (Å²) >= 11 is 0. The van der Waals surface area contributed by atoms with Crippen LogP contribution in [0.25, 0.3) is 0 Å². The molecule has 0 saturated carbocycles. The van der Waals surface area contributed by atoms with Gasteiger partial charge in [-0.1, -0.05) is 12.1 Å². The van der Waals surface area contributed by atoms with Crippen LogP contribution in [0.15, 0.2) is 30.6 Å². The van der Waals surface area contributed by atoms with E-state index in [0.29, 0.717) is 12.8 Å². The van der Waals surface area contributed by atoms with Crippen LogP contribution in [0.2, 0.25) is 0 Å². The fourth-order valence-electron chi connectivity index (χ4n) is 1.88. The van der Waals surface area contributed by atoms with Crippen LogP contribution in [0.1, 0.15) is 23.9 Å². The van der Waals surface area contributed by atoms with Crippen molar-refractivity contribution in [3.05, 3.63) is 53.6 Å². The molecule has 0 fully saturated rings. The van der Waals surface area contributed by atoms with Crippen molar-refractivity contribution < 1.29 is 8.78 Å². The molecule has 3 nitrogen and oxygen atoms in total. The van der Waals surface area contributed by atoms with E-state index in [1.54, 1.807) is 6.20 Å². The summed E-state index contributed by atoms with van der Waals surface area (Å²) in [6.45, 7) is 0. The molecule has 1 aromatic carbocycles. The molecule has 0 bridgehead atoms. The summed E-state index contributed by atoms with van der Waals surface area (Å²) in [4.78, 5) is 4.16. The van der Waals surface area contributed by atoms with Gasteiger partial charge in [-0.2, -0.15) is 0 Å². The minimum atomic E-state index is -0.861. The molecule has 2 aromatic rings. The number of imidazole rings is 1. The number of rotatable bonds is 4. The van der Waals surface area contributed by atoms with E-state index in [0.717, 1.165) is 11.9 Å². The van der Waals surface area contributed by atoms with Crippen molar-refractivity contribution in [3.8, 4) is 0 Å². The van der Waals surface area contributed by atoms with E-state index in [9.17, 15) is 8.78 Å². The molecule has 5 heteroatoms. The van der Waals surface area contributed by atoms with Gasteiger partial charge in [0.15, 0.2) is 11.6 Å². The molecular weight excluding hydrogens is 236 g/mol. The Labute approximate surface area is 104 Å². The van der Waals surface area contributed by atoms with Crippen molar-refractivity contribution in [2.75, 3.05) is 0 Å². The Morgan fingerprint density at radius 1 is 1.39 bits per heavy atom. The van der Waals surface area contributed by atoms with Crippen LogP contribution < -0.4 is 5.73 Å². The maximum Gasteiger partial charge on any atom is 0.163 e. The first-order valence-electron chi connectivity index (χ1n) is 5.75. The first-order valence-corrected chi connectivity index (χ1v) is 5.75. The highest BCUT2D eigenvalue weighted by Gasteiger charge is 2.15. The summed E-state index contributed by atoms with van der Waals surface area (Å²) in [7, 11) is 1.89. The molecule has 0 spiro atoms. The highest BCUT2D eigenvalue weighted by molar-refractivity contribution is 5.22. The Kier molecular flexibility index (Phi) is 3.72. The smallest absolute Gasteiger partial charge is 0.163 e. The number of aryl methyl sites for hydroxylation is 2. The van der Waals surface area contributed by atoms with Crippen LogP contribution >= 0.6 is 0 Å². The van der Waals surface area contributed by atoms with Crippen molar-refractivity contribution in [1.29, 1.82) is 0 Å². The predicted octanol–water partition coefficient (Wildman–Crippen LogP) is 2.33. The van der Waals surface area contributed by atoms with Crippen LogP contribution in [0, 0.1) is 11.6 Å². The van der Waals surface area contributed by atoms with Crippen molar-refractivity contribution in [1.82, 2.24) is 9.55 Å². The lowest BCUT2D eigenvalue weighted by Gasteiger charge is -2.13. The van der Waals surface area contributed by atoms with E-state index >= 15 is 0 Å². The minimum Gasteiger partial charge on any atom is -0.338 e. The van der Waals surface area contributed by atoms with Crippen molar-refractivity contribution >= 4 is 0 Å². The van der Waals surface area contributed by atoms with Gasteiger partial charge in [-0.15, -0.1) is 0 Å². The fourth-order valence-corrected chi connectivity index (χ4v) is 1.88. The average molecular weight is 251 g/mol. The van der Waals surface area contributed by atoms with E-state index in [2.05, 4.69) is 4.98 Å². The van der Waals surface area contributed by atoms with Gasteiger partial charge < -0.3 is 10.3 Å². The van der Waals surface area contributed by atoms with Gasteiger partial charge in [-0.3, -0.25) is 0 Å². The zero-order chi connectivity index (χ0) is 13.1. The molecule has 96 valence electrons. The van der Waals surface area contributed by atoms with E-state index in [-0.39, 0.29) is 5.56 Å². The highest BCUT2D eigenvalue weighted by Crippen LogP contribution is 2.21. The van der Waals surface area contributed by atoms with E-state index in [4.69, 9.17) is 5.73 Å². The normalized spacial score (nSPS) is 12.7. The third kappa shape index (κ3) is 2.56. The van der Waals surface area contributed by atoms with Gasteiger partial charge in [0.25, 0.3) is 0 Å². The van der Waals surface area contributed by atoms with Gasteiger partial charge in [0, 0.05) is 37.5 Å². The monoisotopic (exact) mass is 251 g/mol. The van der Waals surface area contributed by atoms with E-state index in [1.807, 2.05) is 17.8 Å². The molecule has 1 heterocycles. The van der Waals surface area contributed by atoms with Gasteiger partial charge in [0.2, 0.25) is 0 Å². The maximum absolute atomic E-state index is 13.5. The molecule has 18 heavy (non-hydrogen) atoms. The standard InChI is InChI=1S/C13H15F2N3/c1-18-8-7-17-12(18)6-5-11(16)9-3-2-4-10(14)13(9)15/h2-4,7-8,11H,5-6,16H2,1H3. The molecule has 1 unspecified atom stereocenters. The minimum absolute atomic E-state index is 0.212. The van der Waals surface area contributed by atoms with Crippen molar-refractivity contribution in [3.63, 3.8) is 0 Å². The molecule has 2 rings (SSSR count). The summed E-state index contributed by atoms with van der Waals surface area (Å²) in [6.07, 6.45) is 4.68. The quantitative estimate of drug-likeness (QED) is 0.906. The summed E-state index contributed by atoms with van der Waals surface area (Å²) in [5.41, 5.74) is 6.10. The molecule has 0 aliphatic rings. The molecule has 1 atom stereocenters. The molecule has 0 saturated heterocycles. The average Bonchev–Trinajstić information content (AvgIpc) is 2.75. The van der Waals surface area contributed by atoms with Gasteiger partial charge in [0.1, 0.15) is 5.82 Å². The van der Waals surface area contributed by atoms with Crippen LogP contribution in [0.5, 0.6) is 0 Å². The predicted molar refractivity (Wildman–Crippen MR) is 64.8 cm³/mol. The summed E-state index contributed by atoms with van der Waals surface area (Å²) in [6, 6.07) is 3.54. The Bertz CT molecular complexity index is 537. The largest absolute Gasteiger partial charge is 0.338 e. The van der Waals surface area contributed by atoms with Crippen molar-refractivity contribution in [2.24, 2.45) is 12.8 Å². The van der Waals surface area contributed by atoms with Gasteiger partial charge >= 0.3 is 0 Å². The second-order valence-corrected chi connectivity index (χ2v) is 4.24. The topological polar surface area (TPSA) is 43.8 Å². The summed E-state index contributed by atoms with van der Waals surface area (Å²) in [5, 5.41) is 0. The lowest BCUT2D eigenvalue weighted by Crippen LogP contribution is -2.14. The third-order valence-electron chi connectivity index (χ3n) is 2.98. The van der Waals surface area contributed by atoms with Crippen LogP contribution in [-0.2, 0) is 13.5 Å². The number of aromatic nitrogens is 2. The Morgan fingerprint density at radius 3 is 2.83 bits per heavy atom. The first-order chi connectivity index (χ1) is 8.59.